The van der Waals surface area contributed by atoms with Crippen molar-refractivity contribution in [1.29, 1.82) is 0 Å². The Kier molecular flexibility index (Phi) is 3.96. The zero-order chi connectivity index (χ0) is 15.4. The van der Waals surface area contributed by atoms with Gasteiger partial charge in [0.2, 0.25) is 0 Å². The van der Waals surface area contributed by atoms with E-state index in [2.05, 4.69) is 20.5 Å². The molecule has 2 aromatic carbocycles. The second-order valence-electron chi connectivity index (χ2n) is 4.79. The van der Waals surface area contributed by atoms with Gasteiger partial charge in [-0.25, -0.2) is 9.97 Å². The monoisotopic (exact) mass is 292 g/mol. The van der Waals surface area contributed by atoms with E-state index in [1.54, 1.807) is 13.3 Å². The minimum Gasteiger partial charge on any atom is -0.497 e. The molecule has 3 aromatic rings. The van der Waals surface area contributed by atoms with Crippen LogP contribution in [0.1, 0.15) is 11.3 Å². The van der Waals surface area contributed by atoms with E-state index in [0.717, 1.165) is 28.0 Å². The van der Waals surface area contributed by atoms with Crippen LogP contribution in [0.15, 0.2) is 53.6 Å². The quantitative estimate of drug-likeness (QED) is 0.591. The van der Waals surface area contributed by atoms with Crippen LogP contribution in [-0.4, -0.2) is 23.3 Å². The molecule has 3 rings (SSSR count). The van der Waals surface area contributed by atoms with E-state index in [9.17, 15) is 0 Å². The fourth-order valence-corrected chi connectivity index (χ4v) is 2.08. The Labute approximate surface area is 128 Å². The molecule has 5 heteroatoms. The van der Waals surface area contributed by atoms with Crippen LogP contribution < -0.4 is 10.2 Å². The predicted molar refractivity (Wildman–Crippen MR) is 88.5 cm³/mol. The summed E-state index contributed by atoms with van der Waals surface area (Å²) in [5, 5.41) is 4.22. The standard InChI is InChI=1S/C17H16N4O/c1-12-17(20-16-9-4-3-8-15(16)19-12)21-18-11-13-6-5-7-14(10-13)22-2/h3-11H,1-2H3,(H,20,21)/b18-11+. The van der Waals surface area contributed by atoms with Crippen LogP contribution >= 0.6 is 0 Å². The van der Waals surface area contributed by atoms with Crippen LogP contribution in [0.4, 0.5) is 5.82 Å². The van der Waals surface area contributed by atoms with Crippen LogP contribution in [0.3, 0.4) is 0 Å². The maximum atomic E-state index is 5.18. The van der Waals surface area contributed by atoms with Gasteiger partial charge < -0.3 is 4.74 Å². The average molecular weight is 292 g/mol. The topological polar surface area (TPSA) is 59.4 Å². The molecular weight excluding hydrogens is 276 g/mol. The molecule has 0 aliphatic carbocycles. The number of nitrogens with zero attached hydrogens (tertiary/aromatic N) is 3. The summed E-state index contributed by atoms with van der Waals surface area (Å²) in [5.74, 6) is 1.45. The molecule has 0 bridgehead atoms. The maximum Gasteiger partial charge on any atom is 0.168 e. The van der Waals surface area contributed by atoms with Gasteiger partial charge in [-0.15, -0.1) is 0 Å². The van der Waals surface area contributed by atoms with Gasteiger partial charge in [0.05, 0.1) is 30.1 Å². The molecule has 0 spiro atoms. The number of hydrogen-bond donors (Lipinski definition) is 1. The number of ether oxygens (including phenoxy) is 1. The SMILES string of the molecule is COc1cccc(/C=N/Nc2nc3ccccc3nc2C)c1. The van der Waals surface area contributed by atoms with E-state index in [-0.39, 0.29) is 0 Å². The highest BCUT2D eigenvalue weighted by Gasteiger charge is 2.03. The summed E-state index contributed by atoms with van der Waals surface area (Å²) in [6.07, 6.45) is 1.72. The van der Waals surface area contributed by atoms with Crippen LogP contribution in [0.25, 0.3) is 11.0 Å². The second-order valence-corrected chi connectivity index (χ2v) is 4.79. The van der Waals surface area contributed by atoms with Crippen LogP contribution in [-0.2, 0) is 0 Å². The third-order valence-corrected chi connectivity index (χ3v) is 3.22. The molecule has 0 aliphatic heterocycles. The minimum absolute atomic E-state index is 0.651. The number of methoxy groups -OCH3 is 1. The van der Waals surface area contributed by atoms with Crippen molar-refractivity contribution in [2.24, 2.45) is 5.10 Å². The van der Waals surface area contributed by atoms with Gasteiger partial charge >= 0.3 is 0 Å². The van der Waals surface area contributed by atoms with Crippen molar-refractivity contribution in [2.45, 2.75) is 6.92 Å². The van der Waals surface area contributed by atoms with Crippen molar-refractivity contribution in [3.63, 3.8) is 0 Å². The normalized spacial score (nSPS) is 11.0. The van der Waals surface area contributed by atoms with Gasteiger partial charge in [0.25, 0.3) is 0 Å². The van der Waals surface area contributed by atoms with Crippen molar-refractivity contribution < 1.29 is 4.74 Å². The Morgan fingerprint density at radius 3 is 2.59 bits per heavy atom. The zero-order valence-corrected chi connectivity index (χ0v) is 12.4. The Morgan fingerprint density at radius 1 is 1.05 bits per heavy atom. The van der Waals surface area contributed by atoms with E-state index in [1.165, 1.54) is 0 Å². The lowest BCUT2D eigenvalue weighted by Gasteiger charge is -2.05. The summed E-state index contributed by atoms with van der Waals surface area (Å²) in [7, 11) is 1.64. The number of fused-ring (bicyclic) bond motifs is 1. The molecule has 0 saturated carbocycles. The largest absolute Gasteiger partial charge is 0.497 e. The molecule has 0 radical (unpaired) electrons. The fraction of sp³-hybridized carbons (Fsp3) is 0.118. The third-order valence-electron chi connectivity index (χ3n) is 3.22. The molecule has 0 fully saturated rings. The van der Waals surface area contributed by atoms with E-state index < -0.39 is 0 Å². The fourth-order valence-electron chi connectivity index (χ4n) is 2.08. The van der Waals surface area contributed by atoms with Gasteiger partial charge in [0.15, 0.2) is 5.82 Å². The first-order chi connectivity index (χ1) is 10.8. The molecule has 1 aromatic heterocycles. The summed E-state index contributed by atoms with van der Waals surface area (Å²) >= 11 is 0. The minimum atomic E-state index is 0.651. The first kappa shape index (κ1) is 14.0. The molecule has 0 atom stereocenters. The lowest BCUT2D eigenvalue weighted by atomic mass is 10.2. The molecule has 0 unspecified atom stereocenters. The lowest BCUT2D eigenvalue weighted by molar-refractivity contribution is 0.415. The second kappa shape index (κ2) is 6.22. The van der Waals surface area contributed by atoms with Crippen molar-refractivity contribution in [2.75, 3.05) is 12.5 Å². The summed E-state index contributed by atoms with van der Waals surface area (Å²) in [6, 6.07) is 15.4. The molecule has 22 heavy (non-hydrogen) atoms. The first-order valence-electron chi connectivity index (χ1n) is 6.93. The number of anilines is 1. The van der Waals surface area contributed by atoms with Crippen molar-refractivity contribution >= 4 is 23.1 Å². The Hall–Kier alpha value is -2.95. The van der Waals surface area contributed by atoms with Crippen LogP contribution in [0.5, 0.6) is 5.75 Å². The lowest BCUT2D eigenvalue weighted by Crippen LogP contribution is -1.99. The highest BCUT2D eigenvalue weighted by molar-refractivity contribution is 5.81. The van der Waals surface area contributed by atoms with Gasteiger partial charge in [-0.3, -0.25) is 5.43 Å². The van der Waals surface area contributed by atoms with Gasteiger partial charge in [0, 0.05) is 0 Å². The van der Waals surface area contributed by atoms with Gasteiger partial charge in [0.1, 0.15) is 5.75 Å². The van der Waals surface area contributed by atoms with Gasteiger partial charge in [-0.1, -0.05) is 24.3 Å². The smallest absolute Gasteiger partial charge is 0.168 e. The van der Waals surface area contributed by atoms with Crippen molar-refractivity contribution in [3.05, 3.63) is 59.8 Å². The van der Waals surface area contributed by atoms with Crippen LogP contribution in [0.2, 0.25) is 0 Å². The number of nitrogens with one attached hydrogen (secondary N) is 1. The van der Waals surface area contributed by atoms with Crippen LogP contribution in [0, 0.1) is 6.92 Å². The summed E-state index contributed by atoms with van der Waals surface area (Å²) in [6.45, 7) is 1.91. The number of hydrogen-bond acceptors (Lipinski definition) is 5. The van der Waals surface area contributed by atoms with Crippen molar-refractivity contribution in [1.82, 2.24) is 9.97 Å². The van der Waals surface area contributed by atoms with E-state index >= 15 is 0 Å². The number of aromatic nitrogens is 2. The molecule has 110 valence electrons. The predicted octanol–water partition coefficient (Wildman–Crippen LogP) is 3.39. The molecule has 0 saturated heterocycles. The first-order valence-corrected chi connectivity index (χ1v) is 6.93. The Bertz CT molecular complexity index is 830. The highest BCUT2D eigenvalue weighted by Crippen LogP contribution is 2.16. The average Bonchev–Trinajstić information content (AvgIpc) is 2.55. The van der Waals surface area contributed by atoms with Gasteiger partial charge in [-0.05, 0) is 36.8 Å². The van der Waals surface area contributed by atoms with Gasteiger partial charge in [-0.2, -0.15) is 5.10 Å². The molecule has 0 amide bonds. The summed E-state index contributed by atoms with van der Waals surface area (Å²) < 4.78 is 5.18. The number of aryl methyl sites for hydroxylation is 1. The van der Waals surface area contributed by atoms with E-state index in [4.69, 9.17) is 4.74 Å². The maximum absolute atomic E-state index is 5.18. The number of rotatable bonds is 4. The van der Waals surface area contributed by atoms with E-state index in [1.807, 2.05) is 55.5 Å². The Balaban J connectivity index is 1.81. The summed E-state index contributed by atoms with van der Waals surface area (Å²) in [4.78, 5) is 9.04. The molecule has 1 N–H and O–H groups in total. The van der Waals surface area contributed by atoms with Crippen molar-refractivity contribution in [3.8, 4) is 5.75 Å². The number of hydrazone groups is 1. The summed E-state index contributed by atoms with van der Waals surface area (Å²) in [5.41, 5.74) is 6.41. The molecule has 5 nitrogen and oxygen atoms in total. The highest BCUT2D eigenvalue weighted by atomic mass is 16.5. The molecular formula is C17H16N4O. The number of benzene rings is 2. The number of para-hydroxylation sites is 2. The molecule has 0 aliphatic rings. The zero-order valence-electron chi connectivity index (χ0n) is 12.4. The third kappa shape index (κ3) is 3.03. The Morgan fingerprint density at radius 2 is 1.82 bits per heavy atom. The molecule has 1 heterocycles. The van der Waals surface area contributed by atoms with E-state index in [0.29, 0.717) is 5.82 Å².